The van der Waals surface area contributed by atoms with E-state index >= 15 is 0 Å². The number of nitrogens with two attached hydrogens (primary N) is 1. The van der Waals surface area contributed by atoms with Gasteiger partial charge in [-0.2, -0.15) is 18.2 Å². The van der Waals surface area contributed by atoms with Crippen molar-refractivity contribution in [1.82, 2.24) is 19.5 Å². The molecule has 0 aliphatic rings. The fourth-order valence-corrected chi connectivity index (χ4v) is 2.67. The summed E-state index contributed by atoms with van der Waals surface area (Å²) in [5.41, 5.74) is 4.72. The van der Waals surface area contributed by atoms with Crippen LogP contribution >= 0.6 is 0 Å². The van der Waals surface area contributed by atoms with Gasteiger partial charge in [0.15, 0.2) is 5.65 Å². The zero-order chi connectivity index (χ0) is 20.5. The molecular formula is C18H21F3N6O. The van der Waals surface area contributed by atoms with Crippen LogP contribution in [0.2, 0.25) is 0 Å². The lowest BCUT2D eigenvalue weighted by molar-refractivity contribution is -0.138. The van der Waals surface area contributed by atoms with E-state index in [9.17, 15) is 18.0 Å². The molecule has 0 saturated carbocycles. The number of aromatic nitrogens is 4. The van der Waals surface area contributed by atoms with Crippen molar-refractivity contribution in [3.63, 3.8) is 0 Å². The molecule has 0 fully saturated rings. The Bertz CT molecular complexity index is 1040. The van der Waals surface area contributed by atoms with Crippen LogP contribution < -0.4 is 16.7 Å². The Morgan fingerprint density at radius 3 is 2.64 bits per heavy atom. The Labute approximate surface area is 158 Å². The van der Waals surface area contributed by atoms with Crippen molar-refractivity contribution >= 4 is 17.1 Å². The van der Waals surface area contributed by atoms with Crippen molar-refractivity contribution in [2.24, 2.45) is 11.1 Å². The number of benzene rings is 1. The minimum absolute atomic E-state index is 0.0182. The highest BCUT2D eigenvalue weighted by Crippen LogP contribution is 2.32. The molecule has 150 valence electrons. The molecule has 0 saturated heterocycles. The fourth-order valence-electron chi connectivity index (χ4n) is 2.67. The third-order valence-corrected chi connectivity index (χ3v) is 4.44. The molecule has 1 aromatic carbocycles. The Kier molecular flexibility index (Phi) is 5.16. The summed E-state index contributed by atoms with van der Waals surface area (Å²) in [4.78, 5) is 23.3. The summed E-state index contributed by atoms with van der Waals surface area (Å²) in [7, 11) is 0. The van der Waals surface area contributed by atoms with E-state index in [0.29, 0.717) is 18.6 Å². The van der Waals surface area contributed by atoms with Crippen LogP contribution in [0.3, 0.4) is 0 Å². The van der Waals surface area contributed by atoms with E-state index in [1.807, 2.05) is 13.8 Å². The number of H-pyrrole nitrogens is 1. The monoisotopic (exact) mass is 394 g/mol. The van der Waals surface area contributed by atoms with E-state index in [2.05, 4.69) is 20.3 Å². The van der Waals surface area contributed by atoms with Gasteiger partial charge in [-0.05, 0) is 23.6 Å². The van der Waals surface area contributed by atoms with Crippen molar-refractivity contribution in [3.05, 3.63) is 52.1 Å². The van der Waals surface area contributed by atoms with Crippen LogP contribution in [0.1, 0.15) is 25.0 Å². The summed E-state index contributed by atoms with van der Waals surface area (Å²) in [6.07, 6.45) is -3.09. The van der Waals surface area contributed by atoms with Crippen LogP contribution in [0.25, 0.3) is 11.2 Å². The SMILES string of the molecule is CC(C)(CN)CNc1ncc2[nH]c(=O)n(Cc3ccccc3C(F)(F)F)c2n1. The van der Waals surface area contributed by atoms with Gasteiger partial charge in [0, 0.05) is 6.54 Å². The summed E-state index contributed by atoms with van der Waals surface area (Å²) in [6.45, 7) is 4.63. The van der Waals surface area contributed by atoms with Gasteiger partial charge in [0.1, 0.15) is 5.52 Å². The van der Waals surface area contributed by atoms with E-state index in [4.69, 9.17) is 5.73 Å². The minimum Gasteiger partial charge on any atom is -0.354 e. The first-order chi connectivity index (χ1) is 13.1. The Hall–Kier alpha value is -2.88. The normalized spacial score (nSPS) is 12.5. The van der Waals surface area contributed by atoms with Crippen molar-refractivity contribution in [2.45, 2.75) is 26.6 Å². The second-order valence-corrected chi connectivity index (χ2v) is 7.32. The Morgan fingerprint density at radius 1 is 1.25 bits per heavy atom. The van der Waals surface area contributed by atoms with Crippen LogP contribution in [0, 0.1) is 5.41 Å². The first kappa shape index (κ1) is 19.9. The standard InChI is InChI=1S/C18H21F3N6O/c1-17(2,9-22)10-24-15-23-7-13-14(26-15)27(16(28)25-13)8-11-5-3-4-6-12(11)18(19,20)21/h3-7H,8-10,22H2,1-2H3,(H,25,28)(H,23,24,26). The van der Waals surface area contributed by atoms with Crippen LogP contribution in [-0.4, -0.2) is 32.6 Å². The number of rotatable bonds is 6. The molecular weight excluding hydrogens is 373 g/mol. The molecule has 0 aliphatic heterocycles. The van der Waals surface area contributed by atoms with Gasteiger partial charge in [-0.25, -0.2) is 9.78 Å². The predicted octanol–water partition coefficient (Wildman–Crippen LogP) is 2.58. The highest BCUT2D eigenvalue weighted by molar-refractivity contribution is 5.71. The van der Waals surface area contributed by atoms with Gasteiger partial charge in [-0.1, -0.05) is 32.0 Å². The van der Waals surface area contributed by atoms with Crippen molar-refractivity contribution < 1.29 is 13.2 Å². The van der Waals surface area contributed by atoms with Gasteiger partial charge in [-0.3, -0.25) is 4.57 Å². The lowest BCUT2D eigenvalue weighted by Gasteiger charge is -2.22. The van der Waals surface area contributed by atoms with Crippen LogP contribution in [-0.2, 0) is 12.7 Å². The first-order valence-corrected chi connectivity index (χ1v) is 8.65. The van der Waals surface area contributed by atoms with E-state index in [1.165, 1.54) is 29.0 Å². The zero-order valence-corrected chi connectivity index (χ0v) is 15.5. The maximum Gasteiger partial charge on any atom is 0.416 e. The van der Waals surface area contributed by atoms with E-state index in [1.54, 1.807) is 0 Å². The third-order valence-electron chi connectivity index (χ3n) is 4.44. The summed E-state index contributed by atoms with van der Waals surface area (Å²) < 4.78 is 40.9. The highest BCUT2D eigenvalue weighted by Gasteiger charge is 2.33. The minimum atomic E-state index is -4.51. The molecule has 0 bridgehead atoms. The molecule has 0 amide bonds. The summed E-state index contributed by atoms with van der Waals surface area (Å²) in [5, 5.41) is 3.05. The lowest BCUT2D eigenvalue weighted by Crippen LogP contribution is -2.31. The molecule has 7 nitrogen and oxygen atoms in total. The topological polar surface area (TPSA) is 102 Å². The molecule has 4 N–H and O–H groups in total. The van der Waals surface area contributed by atoms with Crippen molar-refractivity contribution in [3.8, 4) is 0 Å². The number of nitrogens with one attached hydrogen (secondary N) is 2. The quantitative estimate of drug-likeness (QED) is 0.597. The number of anilines is 1. The maximum absolute atomic E-state index is 13.3. The average molecular weight is 394 g/mol. The van der Waals surface area contributed by atoms with E-state index < -0.39 is 17.4 Å². The molecule has 0 aliphatic carbocycles. The fraction of sp³-hybridized carbons (Fsp3) is 0.389. The molecule has 2 aromatic heterocycles. The highest BCUT2D eigenvalue weighted by atomic mass is 19.4. The number of imidazole rings is 1. The smallest absolute Gasteiger partial charge is 0.354 e. The Morgan fingerprint density at radius 2 is 1.96 bits per heavy atom. The average Bonchev–Trinajstić information content (AvgIpc) is 2.95. The molecule has 2 heterocycles. The van der Waals surface area contributed by atoms with Gasteiger partial charge < -0.3 is 16.0 Å². The summed E-state index contributed by atoms with van der Waals surface area (Å²) >= 11 is 0. The summed E-state index contributed by atoms with van der Waals surface area (Å²) in [5.74, 6) is 0.269. The van der Waals surface area contributed by atoms with Crippen LogP contribution in [0.5, 0.6) is 0 Å². The van der Waals surface area contributed by atoms with Gasteiger partial charge in [0.2, 0.25) is 5.95 Å². The summed E-state index contributed by atoms with van der Waals surface area (Å²) in [6, 6.07) is 5.15. The zero-order valence-electron chi connectivity index (χ0n) is 15.5. The molecule has 3 aromatic rings. The van der Waals surface area contributed by atoms with Gasteiger partial charge >= 0.3 is 11.9 Å². The van der Waals surface area contributed by atoms with Crippen LogP contribution in [0.4, 0.5) is 19.1 Å². The number of halogens is 3. The van der Waals surface area contributed by atoms with E-state index in [0.717, 1.165) is 6.07 Å². The van der Waals surface area contributed by atoms with Crippen molar-refractivity contribution in [1.29, 1.82) is 0 Å². The van der Waals surface area contributed by atoms with Gasteiger partial charge in [0.25, 0.3) is 0 Å². The molecule has 0 unspecified atom stereocenters. The number of fused-ring (bicyclic) bond motifs is 1. The predicted molar refractivity (Wildman–Crippen MR) is 100 cm³/mol. The second-order valence-electron chi connectivity index (χ2n) is 7.32. The lowest BCUT2D eigenvalue weighted by atomic mass is 9.94. The second kappa shape index (κ2) is 7.27. The Balaban J connectivity index is 1.97. The van der Waals surface area contributed by atoms with Crippen LogP contribution in [0.15, 0.2) is 35.3 Å². The van der Waals surface area contributed by atoms with Gasteiger partial charge in [0.05, 0.1) is 18.3 Å². The van der Waals surface area contributed by atoms with E-state index in [-0.39, 0.29) is 29.1 Å². The number of hydrogen-bond donors (Lipinski definition) is 3. The number of nitrogens with zero attached hydrogens (tertiary/aromatic N) is 3. The number of hydrogen-bond acceptors (Lipinski definition) is 5. The third kappa shape index (κ3) is 4.16. The molecule has 0 spiro atoms. The molecule has 0 atom stereocenters. The molecule has 0 radical (unpaired) electrons. The van der Waals surface area contributed by atoms with Gasteiger partial charge in [-0.15, -0.1) is 0 Å². The number of alkyl halides is 3. The first-order valence-electron chi connectivity index (χ1n) is 8.65. The maximum atomic E-state index is 13.3. The molecule has 3 rings (SSSR count). The molecule has 28 heavy (non-hydrogen) atoms. The number of aromatic amines is 1. The largest absolute Gasteiger partial charge is 0.416 e. The van der Waals surface area contributed by atoms with Crippen molar-refractivity contribution in [2.75, 3.05) is 18.4 Å². The molecule has 10 heteroatoms.